The van der Waals surface area contributed by atoms with Gasteiger partial charge in [0.25, 0.3) is 5.91 Å². The highest BCUT2D eigenvalue weighted by Gasteiger charge is 2.33. The molecule has 1 amide bonds. The average molecular weight is 410 g/mol. The van der Waals surface area contributed by atoms with Gasteiger partial charge in [-0.25, -0.2) is 9.78 Å². The summed E-state index contributed by atoms with van der Waals surface area (Å²) in [6.45, 7) is 0.716. The third-order valence-electron chi connectivity index (χ3n) is 5.17. The summed E-state index contributed by atoms with van der Waals surface area (Å²) in [5.41, 5.74) is 2.38. The lowest BCUT2D eigenvalue weighted by atomic mass is 9.93. The van der Waals surface area contributed by atoms with E-state index < -0.39 is 11.5 Å². The van der Waals surface area contributed by atoms with Crippen molar-refractivity contribution in [1.29, 1.82) is 0 Å². The van der Waals surface area contributed by atoms with E-state index in [1.165, 1.54) is 6.07 Å². The average Bonchev–Trinajstić information content (AvgIpc) is 3.35. The van der Waals surface area contributed by atoms with Gasteiger partial charge >= 0.3 is 5.63 Å². The van der Waals surface area contributed by atoms with Gasteiger partial charge in [0.2, 0.25) is 0 Å². The van der Waals surface area contributed by atoms with Gasteiger partial charge in [-0.3, -0.25) is 9.48 Å². The van der Waals surface area contributed by atoms with Crippen LogP contribution in [-0.4, -0.2) is 37.1 Å². The molecule has 1 aromatic carbocycles. The Balaban J connectivity index is 1.54. The van der Waals surface area contributed by atoms with Crippen LogP contribution < -0.4 is 5.63 Å². The van der Waals surface area contributed by atoms with Gasteiger partial charge in [-0.2, -0.15) is 5.10 Å². The molecule has 3 aromatic heterocycles. The van der Waals surface area contributed by atoms with Crippen molar-refractivity contribution in [2.75, 3.05) is 6.54 Å². The number of carbonyl (C=O) groups is 1. The Morgan fingerprint density at radius 1 is 1.34 bits per heavy atom. The fourth-order valence-electron chi connectivity index (χ4n) is 3.77. The van der Waals surface area contributed by atoms with Gasteiger partial charge in [0.15, 0.2) is 0 Å². The molecule has 5 rings (SSSR count). The summed E-state index contributed by atoms with van der Waals surface area (Å²) in [6.07, 6.45) is 5.29. The number of aromatic nitrogens is 4. The smallest absolute Gasteiger partial charge is 0.349 e. The zero-order valence-corrected chi connectivity index (χ0v) is 16.2. The zero-order chi connectivity index (χ0) is 20.1. The molecular formula is C20H16ClN5O3. The molecule has 0 bridgehead atoms. The third kappa shape index (κ3) is 3.01. The number of halogens is 1. The second-order valence-electron chi connectivity index (χ2n) is 7.08. The normalized spacial score (nSPS) is 16.2. The highest BCUT2D eigenvalue weighted by molar-refractivity contribution is 6.31. The molecule has 0 aliphatic carbocycles. The van der Waals surface area contributed by atoms with Gasteiger partial charge < -0.3 is 14.3 Å². The predicted molar refractivity (Wildman–Crippen MR) is 106 cm³/mol. The standard InChI is InChI=1S/C20H16ClN5O3/c1-25-7-12(6-24-25)15-8-26(9-16-18(15)23-10-22-16)19(27)14-5-11-4-13(21)2-3-17(11)29-20(14)28/h2-7,10,15H,8-9H2,1H3,(H,22,23). The quantitative estimate of drug-likeness (QED) is 0.513. The van der Waals surface area contributed by atoms with Crippen molar-refractivity contribution in [2.45, 2.75) is 12.5 Å². The summed E-state index contributed by atoms with van der Waals surface area (Å²) < 4.78 is 7.05. The number of amides is 1. The van der Waals surface area contributed by atoms with Crippen LogP contribution in [0.1, 0.15) is 33.2 Å². The van der Waals surface area contributed by atoms with E-state index in [4.69, 9.17) is 16.0 Å². The summed E-state index contributed by atoms with van der Waals surface area (Å²) in [6, 6.07) is 6.45. The van der Waals surface area contributed by atoms with E-state index in [9.17, 15) is 9.59 Å². The number of rotatable bonds is 2. The molecule has 4 heterocycles. The van der Waals surface area contributed by atoms with Crippen LogP contribution in [0.4, 0.5) is 0 Å². The minimum atomic E-state index is -0.668. The maximum absolute atomic E-state index is 13.2. The number of H-pyrrole nitrogens is 1. The SMILES string of the molecule is Cn1cc(C2CN(C(=O)c3cc4cc(Cl)ccc4oc3=O)Cc3[nH]cnc32)cn1. The molecule has 0 radical (unpaired) electrons. The number of nitrogens with one attached hydrogen (secondary N) is 1. The highest BCUT2D eigenvalue weighted by Crippen LogP contribution is 2.32. The Bertz CT molecular complexity index is 1300. The van der Waals surface area contributed by atoms with Crippen LogP contribution >= 0.6 is 11.6 Å². The molecule has 29 heavy (non-hydrogen) atoms. The summed E-state index contributed by atoms with van der Waals surface area (Å²) in [5.74, 6) is -0.528. The molecule has 1 atom stereocenters. The van der Waals surface area contributed by atoms with E-state index in [-0.39, 0.29) is 11.5 Å². The Kier molecular flexibility index (Phi) is 4.02. The number of nitrogens with zero attached hydrogens (tertiary/aromatic N) is 4. The molecular weight excluding hydrogens is 394 g/mol. The molecule has 9 heteroatoms. The Morgan fingerprint density at radius 2 is 2.21 bits per heavy atom. The predicted octanol–water partition coefficient (Wildman–Crippen LogP) is 2.69. The van der Waals surface area contributed by atoms with Gasteiger partial charge in [-0.15, -0.1) is 0 Å². The lowest BCUT2D eigenvalue weighted by Gasteiger charge is -2.31. The lowest BCUT2D eigenvalue weighted by molar-refractivity contribution is 0.0717. The van der Waals surface area contributed by atoms with E-state index in [0.717, 1.165) is 17.0 Å². The number of imidazole rings is 1. The fourth-order valence-corrected chi connectivity index (χ4v) is 3.95. The van der Waals surface area contributed by atoms with Crippen LogP contribution in [0.15, 0.2) is 52.2 Å². The second kappa shape index (κ2) is 6.59. The second-order valence-corrected chi connectivity index (χ2v) is 7.52. The van der Waals surface area contributed by atoms with Crippen molar-refractivity contribution >= 4 is 28.5 Å². The number of aryl methyl sites for hydroxylation is 1. The summed E-state index contributed by atoms with van der Waals surface area (Å²) in [5, 5.41) is 5.33. The molecule has 0 spiro atoms. The van der Waals surface area contributed by atoms with Crippen molar-refractivity contribution in [3.63, 3.8) is 0 Å². The number of hydrogen-bond acceptors (Lipinski definition) is 5. The van der Waals surface area contributed by atoms with E-state index in [1.807, 2.05) is 13.2 Å². The molecule has 0 saturated carbocycles. The van der Waals surface area contributed by atoms with Gasteiger partial charge in [-0.1, -0.05) is 11.6 Å². The molecule has 0 fully saturated rings. The number of carbonyl (C=O) groups excluding carboxylic acids is 1. The lowest BCUT2D eigenvalue weighted by Crippen LogP contribution is -2.40. The van der Waals surface area contributed by atoms with Crippen molar-refractivity contribution in [3.05, 3.63) is 80.9 Å². The van der Waals surface area contributed by atoms with Crippen LogP contribution in [0.5, 0.6) is 0 Å². The van der Waals surface area contributed by atoms with Crippen LogP contribution in [0, 0.1) is 0 Å². The molecule has 1 unspecified atom stereocenters. The van der Waals surface area contributed by atoms with Gasteiger partial charge in [0, 0.05) is 41.7 Å². The molecule has 4 aromatic rings. The van der Waals surface area contributed by atoms with Gasteiger partial charge in [0.1, 0.15) is 11.1 Å². The molecule has 146 valence electrons. The Morgan fingerprint density at radius 3 is 3.00 bits per heavy atom. The topological polar surface area (TPSA) is 97.0 Å². The largest absolute Gasteiger partial charge is 0.422 e. The molecule has 1 aliphatic heterocycles. The highest BCUT2D eigenvalue weighted by atomic mass is 35.5. The van der Waals surface area contributed by atoms with E-state index in [2.05, 4.69) is 15.1 Å². The first-order valence-electron chi connectivity index (χ1n) is 9.03. The summed E-state index contributed by atoms with van der Waals surface area (Å²) >= 11 is 6.04. The number of aromatic amines is 1. The van der Waals surface area contributed by atoms with Crippen LogP contribution in [0.25, 0.3) is 11.0 Å². The van der Waals surface area contributed by atoms with Crippen molar-refractivity contribution < 1.29 is 9.21 Å². The van der Waals surface area contributed by atoms with Gasteiger partial charge in [0.05, 0.1) is 30.5 Å². The maximum Gasteiger partial charge on any atom is 0.349 e. The maximum atomic E-state index is 13.2. The number of hydrogen-bond donors (Lipinski definition) is 1. The third-order valence-corrected chi connectivity index (χ3v) is 5.41. The zero-order valence-electron chi connectivity index (χ0n) is 15.4. The molecule has 1 N–H and O–H groups in total. The first-order chi connectivity index (χ1) is 14.0. The summed E-state index contributed by atoms with van der Waals surface area (Å²) in [4.78, 5) is 34.9. The van der Waals surface area contributed by atoms with E-state index in [0.29, 0.717) is 29.1 Å². The first kappa shape index (κ1) is 17.7. The Hall–Kier alpha value is -3.39. The van der Waals surface area contributed by atoms with Gasteiger partial charge in [-0.05, 0) is 24.3 Å². The molecule has 8 nitrogen and oxygen atoms in total. The number of fused-ring (bicyclic) bond motifs is 2. The Labute approximate surface area is 169 Å². The monoisotopic (exact) mass is 409 g/mol. The first-order valence-corrected chi connectivity index (χ1v) is 9.41. The fraction of sp³-hybridized carbons (Fsp3) is 0.200. The van der Waals surface area contributed by atoms with Crippen molar-refractivity contribution in [3.8, 4) is 0 Å². The van der Waals surface area contributed by atoms with Crippen LogP contribution in [0.2, 0.25) is 5.02 Å². The van der Waals surface area contributed by atoms with Crippen molar-refractivity contribution in [2.24, 2.45) is 7.05 Å². The van der Waals surface area contributed by atoms with Crippen LogP contribution in [0.3, 0.4) is 0 Å². The van der Waals surface area contributed by atoms with E-state index >= 15 is 0 Å². The molecule has 0 saturated heterocycles. The van der Waals surface area contributed by atoms with E-state index in [1.54, 1.807) is 40.3 Å². The minimum Gasteiger partial charge on any atom is -0.422 e. The van der Waals surface area contributed by atoms with Crippen LogP contribution in [-0.2, 0) is 13.6 Å². The number of benzene rings is 1. The van der Waals surface area contributed by atoms with Crippen molar-refractivity contribution in [1.82, 2.24) is 24.6 Å². The summed E-state index contributed by atoms with van der Waals surface area (Å²) in [7, 11) is 1.84. The molecule has 1 aliphatic rings. The minimum absolute atomic E-state index is 0.0207.